The van der Waals surface area contributed by atoms with Crippen molar-refractivity contribution in [2.75, 3.05) is 0 Å². The van der Waals surface area contributed by atoms with Gasteiger partial charge in [-0.25, -0.2) is 0 Å². The summed E-state index contributed by atoms with van der Waals surface area (Å²) in [4.78, 5) is 0. The van der Waals surface area contributed by atoms with Crippen molar-refractivity contribution in [1.29, 1.82) is 0 Å². The second-order valence-corrected chi connectivity index (χ2v) is 4.55. The summed E-state index contributed by atoms with van der Waals surface area (Å²) in [5, 5.41) is 0. The van der Waals surface area contributed by atoms with Crippen LogP contribution >= 0.6 is 0 Å². The van der Waals surface area contributed by atoms with E-state index in [4.69, 9.17) is 4.74 Å². The fourth-order valence-electron chi connectivity index (χ4n) is 2.19. The van der Waals surface area contributed by atoms with Crippen molar-refractivity contribution in [2.24, 2.45) is 0 Å². The Labute approximate surface area is 114 Å². The highest BCUT2D eigenvalue weighted by atomic mass is 19.4. The molecule has 0 bridgehead atoms. The molecule has 1 unspecified atom stereocenters. The molecule has 0 spiro atoms. The summed E-state index contributed by atoms with van der Waals surface area (Å²) in [6.45, 7) is 0. The number of hydrogen-bond donors (Lipinski definition) is 0. The molecule has 0 N–H and O–H groups in total. The number of alkyl halides is 3. The van der Waals surface area contributed by atoms with E-state index in [-0.39, 0.29) is 6.10 Å². The summed E-state index contributed by atoms with van der Waals surface area (Å²) in [6.07, 6.45) is -0.729. The zero-order valence-electron chi connectivity index (χ0n) is 10.4. The Kier molecular flexibility index (Phi) is 3.01. The van der Waals surface area contributed by atoms with Gasteiger partial charge in [-0.3, -0.25) is 0 Å². The van der Waals surface area contributed by atoms with E-state index in [2.05, 4.69) is 0 Å². The number of ether oxygens (including phenoxy) is 1. The van der Waals surface area contributed by atoms with Crippen molar-refractivity contribution in [1.82, 2.24) is 0 Å². The SMILES string of the molecule is FC(F)(F)c1ccc(OC2C=Cc3ccccc32)cc1. The van der Waals surface area contributed by atoms with Crippen molar-refractivity contribution < 1.29 is 17.9 Å². The Morgan fingerprint density at radius 1 is 0.900 bits per heavy atom. The van der Waals surface area contributed by atoms with Crippen molar-refractivity contribution in [2.45, 2.75) is 12.3 Å². The highest BCUT2D eigenvalue weighted by molar-refractivity contribution is 5.61. The third kappa shape index (κ3) is 2.41. The standard InChI is InChI=1S/C16H11F3O/c17-16(18,19)12-6-8-13(9-7-12)20-15-10-5-11-3-1-2-4-14(11)15/h1-10,15H. The lowest BCUT2D eigenvalue weighted by molar-refractivity contribution is -0.137. The summed E-state index contributed by atoms with van der Waals surface area (Å²) in [6, 6.07) is 12.5. The molecule has 0 amide bonds. The normalized spacial score (nSPS) is 17.1. The summed E-state index contributed by atoms with van der Waals surface area (Å²) < 4.78 is 43.1. The average Bonchev–Trinajstić information content (AvgIpc) is 2.82. The van der Waals surface area contributed by atoms with E-state index in [9.17, 15) is 13.2 Å². The Hall–Kier alpha value is -2.23. The second-order valence-electron chi connectivity index (χ2n) is 4.55. The Morgan fingerprint density at radius 3 is 2.30 bits per heavy atom. The minimum atomic E-state index is -4.32. The van der Waals surface area contributed by atoms with Gasteiger partial charge >= 0.3 is 6.18 Å². The van der Waals surface area contributed by atoms with Crippen LogP contribution in [-0.2, 0) is 6.18 Å². The van der Waals surface area contributed by atoms with Crippen LogP contribution in [0.2, 0.25) is 0 Å². The molecular formula is C16H11F3O. The third-order valence-corrected chi connectivity index (χ3v) is 3.20. The molecule has 1 nitrogen and oxygen atoms in total. The van der Waals surface area contributed by atoms with Gasteiger partial charge in [0.25, 0.3) is 0 Å². The van der Waals surface area contributed by atoms with Gasteiger partial charge in [-0.2, -0.15) is 13.2 Å². The lowest BCUT2D eigenvalue weighted by atomic mass is 10.1. The molecule has 0 saturated carbocycles. The molecule has 1 atom stereocenters. The first-order valence-electron chi connectivity index (χ1n) is 6.15. The van der Waals surface area contributed by atoms with Gasteiger partial charge in [0, 0.05) is 5.56 Å². The average molecular weight is 276 g/mol. The smallest absolute Gasteiger partial charge is 0.416 e. The van der Waals surface area contributed by atoms with Crippen LogP contribution in [0.4, 0.5) is 13.2 Å². The number of halogens is 3. The number of fused-ring (bicyclic) bond motifs is 1. The van der Waals surface area contributed by atoms with Crippen LogP contribution in [0.1, 0.15) is 22.8 Å². The molecule has 1 aliphatic rings. The molecule has 0 aromatic heterocycles. The van der Waals surface area contributed by atoms with Crippen LogP contribution < -0.4 is 4.74 Å². The maximum atomic E-state index is 12.5. The van der Waals surface area contributed by atoms with Crippen molar-refractivity contribution >= 4 is 6.08 Å². The van der Waals surface area contributed by atoms with Crippen LogP contribution in [0, 0.1) is 0 Å². The molecule has 3 rings (SSSR count). The van der Waals surface area contributed by atoms with Crippen LogP contribution in [-0.4, -0.2) is 0 Å². The first-order valence-corrected chi connectivity index (χ1v) is 6.15. The fraction of sp³-hybridized carbons (Fsp3) is 0.125. The van der Waals surface area contributed by atoms with E-state index < -0.39 is 11.7 Å². The van der Waals surface area contributed by atoms with Crippen molar-refractivity contribution in [3.05, 3.63) is 71.3 Å². The second kappa shape index (κ2) is 4.71. The number of benzene rings is 2. The van der Waals surface area contributed by atoms with Crippen molar-refractivity contribution in [3.63, 3.8) is 0 Å². The molecule has 0 heterocycles. The Bertz CT molecular complexity index is 642. The fourth-order valence-corrected chi connectivity index (χ4v) is 2.19. The van der Waals surface area contributed by atoms with E-state index >= 15 is 0 Å². The lowest BCUT2D eigenvalue weighted by Crippen LogP contribution is -2.06. The molecule has 102 valence electrons. The molecular weight excluding hydrogens is 265 g/mol. The molecule has 0 fully saturated rings. The number of rotatable bonds is 2. The van der Waals surface area contributed by atoms with Gasteiger partial charge in [-0.15, -0.1) is 0 Å². The van der Waals surface area contributed by atoms with Crippen LogP contribution in [0.15, 0.2) is 54.6 Å². The van der Waals surface area contributed by atoms with E-state index in [0.717, 1.165) is 23.3 Å². The van der Waals surface area contributed by atoms with E-state index in [1.54, 1.807) is 0 Å². The number of hydrogen-bond acceptors (Lipinski definition) is 1. The van der Waals surface area contributed by atoms with Crippen molar-refractivity contribution in [3.8, 4) is 5.75 Å². The first-order chi connectivity index (χ1) is 9.54. The topological polar surface area (TPSA) is 9.23 Å². The van der Waals surface area contributed by atoms with Gasteiger partial charge in [-0.05, 0) is 35.9 Å². The molecule has 0 saturated heterocycles. The van der Waals surface area contributed by atoms with Gasteiger partial charge < -0.3 is 4.74 Å². The van der Waals surface area contributed by atoms with Crippen LogP contribution in [0.25, 0.3) is 6.08 Å². The van der Waals surface area contributed by atoms with E-state index in [1.807, 2.05) is 36.4 Å². The first kappa shape index (κ1) is 12.8. The predicted octanol–water partition coefficient (Wildman–Crippen LogP) is 4.85. The summed E-state index contributed by atoms with van der Waals surface area (Å²) in [5.74, 6) is 0.421. The molecule has 2 aromatic rings. The third-order valence-electron chi connectivity index (χ3n) is 3.20. The molecule has 0 radical (unpaired) electrons. The predicted molar refractivity (Wildman–Crippen MR) is 70.3 cm³/mol. The van der Waals surface area contributed by atoms with Crippen LogP contribution in [0.3, 0.4) is 0 Å². The molecule has 20 heavy (non-hydrogen) atoms. The molecule has 0 aliphatic heterocycles. The van der Waals surface area contributed by atoms with Crippen LogP contribution in [0.5, 0.6) is 5.75 Å². The lowest BCUT2D eigenvalue weighted by Gasteiger charge is -2.15. The zero-order chi connectivity index (χ0) is 14.2. The Balaban J connectivity index is 1.78. The minimum absolute atomic E-state index is 0.247. The Morgan fingerprint density at radius 2 is 1.60 bits per heavy atom. The maximum Gasteiger partial charge on any atom is 0.416 e. The van der Waals surface area contributed by atoms with E-state index in [0.29, 0.717) is 5.75 Å². The minimum Gasteiger partial charge on any atom is -0.482 e. The monoisotopic (exact) mass is 276 g/mol. The zero-order valence-corrected chi connectivity index (χ0v) is 10.4. The molecule has 1 aliphatic carbocycles. The van der Waals surface area contributed by atoms with E-state index in [1.165, 1.54) is 12.1 Å². The highest BCUT2D eigenvalue weighted by Crippen LogP contribution is 2.34. The molecule has 4 heteroatoms. The van der Waals surface area contributed by atoms with Gasteiger partial charge in [0.1, 0.15) is 11.9 Å². The summed E-state index contributed by atoms with van der Waals surface area (Å²) >= 11 is 0. The van der Waals surface area contributed by atoms with Gasteiger partial charge in [-0.1, -0.05) is 30.3 Å². The highest BCUT2D eigenvalue weighted by Gasteiger charge is 2.30. The van der Waals surface area contributed by atoms with Gasteiger partial charge in [0.2, 0.25) is 0 Å². The van der Waals surface area contributed by atoms with Gasteiger partial charge in [0.15, 0.2) is 0 Å². The summed E-state index contributed by atoms with van der Waals surface area (Å²) in [5.41, 5.74) is 1.42. The quantitative estimate of drug-likeness (QED) is 0.761. The maximum absolute atomic E-state index is 12.5. The largest absolute Gasteiger partial charge is 0.482 e. The van der Waals surface area contributed by atoms with Gasteiger partial charge in [0.05, 0.1) is 5.56 Å². The molecule has 2 aromatic carbocycles. The summed E-state index contributed by atoms with van der Waals surface area (Å²) in [7, 11) is 0.